The van der Waals surface area contributed by atoms with Gasteiger partial charge in [0.25, 0.3) is 0 Å². The molecule has 0 saturated heterocycles. The Bertz CT molecular complexity index is 535. The van der Waals surface area contributed by atoms with Gasteiger partial charge in [0, 0.05) is 16.9 Å². The van der Waals surface area contributed by atoms with Crippen molar-refractivity contribution in [3.05, 3.63) is 45.9 Å². The lowest BCUT2D eigenvalue weighted by Crippen LogP contribution is -2.14. The maximum absolute atomic E-state index is 5.71. The Balaban J connectivity index is 1.92. The molecule has 0 fully saturated rings. The largest absolute Gasteiger partial charge is 0.493 e. The minimum atomic E-state index is 0.422. The van der Waals surface area contributed by atoms with Crippen molar-refractivity contribution in [2.75, 3.05) is 6.61 Å². The van der Waals surface area contributed by atoms with Crippen LogP contribution in [0.15, 0.2) is 29.6 Å². The number of ether oxygens (including phenoxy) is 1. The van der Waals surface area contributed by atoms with Crippen molar-refractivity contribution >= 4 is 11.3 Å². The lowest BCUT2D eigenvalue weighted by Gasteiger charge is -2.24. The lowest BCUT2D eigenvalue weighted by molar-refractivity contribution is 0.277. The Morgan fingerprint density at radius 2 is 2.28 bits per heavy atom. The molecular weight excluding hydrogens is 242 g/mol. The van der Waals surface area contributed by atoms with Crippen LogP contribution in [0.4, 0.5) is 0 Å². The SMILES string of the molecule is CCCc1csc(C2CCOc3ccccc32)n1. The summed E-state index contributed by atoms with van der Waals surface area (Å²) in [5, 5.41) is 3.45. The lowest BCUT2D eigenvalue weighted by atomic mass is 9.94. The second-order valence-electron chi connectivity index (χ2n) is 4.65. The molecule has 1 atom stereocenters. The van der Waals surface area contributed by atoms with Gasteiger partial charge in [0.2, 0.25) is 0 Å². The molecule has 0 bridgehead atoms. The Hall–Kier alpha value is -1.35. The molecule has 1 unspecified atom stereocenters. The molecular formula is C15H17NOS. The van der Waals surface area contributed by atoms with Crippen molar-refractivity contribution in [2.24, 2.45) is 0 Å². The first-order chi connectivity index (χ1) is 8.88. The average molecular weight is 259 g/mol. The van der Waals surface area contributed by atoms with E-state index < -0.39 is 0 Å². The third kappa shape index (κ3) is 2.15. The third-order valence-corrected chi connectivity index (χ3v) is 4.34. The van der Waals surface area contributed by atoms with Gasteiger partial charge in [0.15, 0.2) is 0 Å². The Kier molecular flexibility index (Phi) is 3.33. The summed E-state index contributed by atoms with van der Waals surface area (Å²) < 4.78 is 5.71. The second kappa shape index (κ2) is 5.11. The van der Waals surface area contributed by atoms with Gasteiger partial charge in [-0.15, -0.1) is 11.3 Å². The van der Waals surface area contributed by atoms with Crippen LogP contribution in [-0.2, 0) is 6.42 Å². The van der Waals surface area contributed by atoms with E-state index in [0.29, 0.717) is 5.92 Å². The van der Waals surface area contributed by atoms with E-state index >= 15 is 0 Å². The van der Waals surface area contributed by atoms with Crippen LogP contribution in [0.3, 0.4) is 0 Å². The van der Waals surface area contributed by atoms with E-state index in [2.05, 4.69) is 30.5 Å². The molecule has 2 heterocycles. The number of para-hydroxylation sites is 1. The number of aryl methyl sites for hydroxylation is 1. The first kappa shape index (κ1) is 11.7. The molecule has 0 amide bonds. The van der Waals surface area contributed by atoms with Crippen molar-refractivity contribution < 1.29 is 4.74 Å². The molecule has 94 valence electrons. The summed E-state index contributed by atoms with van der Waals surface area (Å²) in [5.74, 6) is 1.45. The van der Waals surface area contributed by atoms with Crippen molar-refractivity contribution in [1.82, 2.24) is 4.98 Å². The molecule has 1 aromatic heterocycles. The van der Waals surface area contributed by atoms with Gasteiger partial charge in [-0.25, -0.2) is 4.98 Å². The minimum absolute atomic E-state index is 0.422. The van der Waals surface area contributed by atoms with Gasteiger partial charge in [-0.05, 0) is 18.9 Å². The summed E-state index contributed by atoms with van der Waals surface area (Å²) in [6.07, 6.45) is 3.28. The highest BCUT2D eigenvalue weighted by Gasteiger charge is 2.24. The molecule has 2 nitrogen and oxygen atoms in total. The van der Waals surface area contributed by atoms with Gasteiger partial charge in [-0.1, -0.05) is 31.5 Å². The highest BCUT2D eigenvalue weighted by atomic mass is 32.1. The van der Waals surface area contributed by atoms with E-state index in [1.54, 1.807) is 11.3 Å². The Labute approximate surface area is 112 Å². The minimum Gasteiger partial charge on any atom is -0.493 e. The van der Waals surface area contributed by atoms with Crippen molar-refractivity contribution in [3.63, 3.8) is 0 Å². The van der Waals surface area contributed by atoms with Gasteiger partial charge in [-0.2, -0.15) is 0 Å². The van der Waals surface area contributed by atoms with Gasteiger partial charge >= 0.3 is 0 Å². The molecule has 18 heavy (non-hydrogen) atoms. The summed E-state index contributed by atoms with van der Waals surface area (Å²) in [6.45, 7) is 2.99. The van der Waals surface area contributed by atoms with E-state index in [1.807, 2.05) is 6.07 Å². The average Bonchev–Trinajstić information content (AvgIpc) is 2.87. The van der Waals surface area contributed by atoms with Gasteiger partial charge in [0.1, 0.15) is 10.8 Å². The summed E-state index contributed by atoms with van der Waals surface area (Å²) in [6, 6.07) is 8.34. The molecule has 1 aliphatic rings. The fourth-order valence-electron chi connectivity index (χ4n) is 2.45. The number of thiazole rings is 1. The summed E-state index contributed by atoms with van der Waals surface area (Å²) in [4.78, 5) is 4.79. The quantitative estimate of drug-likeness (QED) is 0.831. The number of rotatable bonds is 3. The zero-order chi connectivity index (χ0) is 12.4. The molecule has 0 radical (unpaired) electrons. The van der Waals surface area contributed by atoms with Crippen LogP contribution in [0.25, 0.3) is 0 Å². The maximum atomic E-state index is 5.71. The van der Waals surface area contributed by atoms with E-state index in [4.69, 9.17) is 9.72 Å². The molecule has 1 aliphatic heterocycles. The third-order valence-electron chi connectivity index (χ3n) is 3.33. The van der Waals surface area contributed by atoms with E-state index in [9.17, 15) is 0 Å². The summed E-state index contributed by atoms with van der Waals surface area (Å²) in [5.41, 5.74) is 2.53. The number of fused-ring (bicyclic) bond motifs is 1. The number of nitrogens with zero attached hydrogens (tertiary/aromatic N) is 1. The molecule has 3 heteroatoms. The van der Waals surface area contributed by atoms with Crippen molar-refractivity contribution in [1.29, 1.82) is 0 Å². The maximum Gasteiger partial charge on any atom is 0.123 e. The second-order valence-corrected chi connectivity index (χ2v) is 5.54. The zero-order valence-corrected chi connectivity index (χ0v) is 11.4. The molecule has 1 aromatic carbocycles. The fourth-order valence-corrected chi connectivity index (χ4v) is 3.46. The molecule has 0 aliphatic carbocycles. The van der Waals surface area contributed by atoms with Crippen molar-refractivity contribution in [3.8, 4) is 5.75 Å². The van der Waals surface area contributed by atoms with Crippen LogP contribution >= 0.6 is 11.3 Å². The van der Waals surface area contributed by atoms with Gasteiger partial charge in [0.05, 0.1) is 12.3 Å². The topological polar surface area (TPSA) is 22.1 Å². The van der Waals surface area contributed by atoms with E-state index in [0.717, 1.165) is 31.6 Å². The molecule has 0 spiro atoms. The van der Waals surface area contributed by atoms with Crippen LogP contribution in [0.2, 0.25) is 0 Å². The zero-order valence-electron chi connectivity index (χ0n) is 10.6. The summed E-state index contributed by atoms with van der Waals surface area (Å²) in [7, 11) is 0. The summed E-state index contributed by atoms with van der Waals surface area (Å²) >= 11 is 1.79. The van der Waals surface area contributed by atoms with Crippen LogP contribution in [-0.4, -0.2) is 11.6 Å². The highest BCUT2D eigenvalue weighted by Crippen LogP contribution is 2.38. The predicted octanol–water partition coefficient (Wildman–Crippen LogP) is 4.01. The monoisotopic (exact) mass is 259 g/mol. The Morgan fingerprint density at radius 3 is 3.17 bits per heavy atom. The first-order valence-corrected chi connectivity index (χ1v) is 7.42. The number of aromatic nitrogens is 1. The standard InChI is InChI=1S/C15H17NOS/c1-2-5-11-10-18-15(16-11)13-8-9-17-14-7-4-3-6-12(13)14/h3-4,6-7,10,13H,2,5,8-9H2,1H3. The van der Waals surface area contributed by atoms with Gasteiger partial charge < -0.3 is 4.74 Å². The van der Waals surface area contributed by atoms with Crippen LogP contribution in [0.5, 0.6) is 5.75 Å². The highest BCUT2D eigenvalue weighted by molar-refractivity contribution is 7.09. The fraction of sp³-hybridized carbons (Fsp3) is 0.400. The smallest absolute Gasteiger partial charge is 0.123 e. The molecule has 2 aromatic rings. The number of hydrogen-bond donors (Lipinski definition) is 0. The van der Waals surface area contributed by atoms with Crippen molar-refractivity contribution in [2.45, 2.75) is 32.1 Å². The number of benzene rings is 1. The van der Waals surface area contributed by atoms with E-state index in [1.165, 1.54) is 16.3 Å². The number of hydrogen-bond acceptors (Lipinski definition) is 3. The van der Waals surface area contributed by atoms with E-state index in [-0.39, 0.29) is 0 Å². The molecule has 0 N–H and O–H groups in total. The first-order valence-electron chi connectivity index (χ1n) is 6.54. The predicted molar refractivity (Wildman–Crippen MR) is 74.5 cm³/mol. The Morgan fingerprint density at radius 1 is 1.39 bits per heavy atom. The molecule has 0 saturated carbocycles. The van der Waals surface area contributed by atoms with Crippen LogP contribution in [0, 0.1) is 0 Å². The van der Waals surface area contributed by atoms with Crippen LogP contribution in [0.1, 0.15) is 41.9 Å². The normalized spacial score (nSPS) is 18.2. The van der Waals surface area contributed by atoms with Gasteiger partial charge in [-0.3, -0.25) is 0 Å². The van der Waals surface area contributed by atoms with Crippen LogP contribution < -0.4 is 4.74 Å². The molecule has 3 rings (SSSR count).